The van der Waals surface area contributed by atoms with Gasteiger partial charge in [-0.2, -0.15) is 5.10 Å². The van der Waals surface area contributed by atoms with E-state index in [9.17, 15) is 5.11 Å². The van der Waals surface area contributed by atoms with Crippen molar-refractivity contribution in [3.63, 3.8) is 0 Å². The summed E-state index contributed by atoms with van der Waals surface area (Å²) in [6, 6.07) is 0. The average molecular weight is 302 g/mol. The van der Waals surface area contributed by atoms with E-state index in [0.717, 1.165) is 49.2 Å². The number of nitrogens with zero attached hydrogens (tertiary/aromatic N) is 3. The summed E-state index contributed by atoms with van der Waals surface area (Å²) in [4.78, 5) is 2.29. The number of β-amino-alcohol motifs (C(OH)–C–C–N with tert-alkyl or cyclic N) is 1. The minimum absolute atomic E-state index is 0.155. The van der Waals surface area contributed by atoms with Crippen LogP contribution < -0.4 is 0 Å². The topological polar surface area (TPSA) is 41.3 Å². The number of hydrogen-bond acceptors (Lipinski definition) is 3. The molecular formula is C12H20BrN3O. The van der Waals surface area contributed by atoms with Gasteiger partial charge in [0, 0.05) is 26.2 Å². The molecule has 2 rings (SSSR count). The van der Waals surface area contributed by atoms with Crippen molar-refractivity contribution in [3.8, 4) is 0 Å². The fourth-order valence-corrected chi connectivity index (χ4v) is 3.03. The molecule has 1 atom stereocenters. The van der Waals surface area contributed by atoms with Crippen molar-refractivity contribution in [1.29, 1.82) is 0 Å². The van der Waals surface area contributed by atoms with E-state index < -0.39 is 0 Å². The largest absolute Gasteiger partial charge is 0.392 e. The molecular weight excluding hydrogens is 282 g/mol. The number of aromatic nitrogens is 2. The summed E-state index contributed by atoms with van der Waals surface area (Å²) in [6.45, 7) is 7.76. The summed E-state index contributed by atoms with van der Waals surface area (Å²) in [5.41, 5.74) is 2.36. The van der Waals surface area contributed by atoms with Gasteiger partial charge in [0.2, 0.25) is 0 Å². The van der Waals surface area contributed by atoms with E-state index in [4.69, 9.17) is 0 Å². The summed E-state index contributed by atoms with van der Waals surface area (Å²) in [7, 11) is 0. The molecule has 1 aromatic heterocycles. The summed E-state index contributed by atoms with van der Waals surface area (Å²) in [5.74, 6) is 0. The first-order valence-electron chi connectivity index (χ1n) is 6.30. The standard InChI is InChI=1S/C12H20BrN3O/c1-3-10-12(13)11(16(4-2)14-10)8-15-6-5-9(17)7-15/h9,17H,3-8H2,1-2H3/t9-/m1/s1. The van der Waals surface area contributed by atoms with Crippen LogP contribution >= 0.6 is 15.9 Å². The predicted molar refractivity (Wildman–Crippen MR) is 70.9 cm³/mol. The second-order valence-electron chi connectivity index (χ2n) is 4.55. The summed E-state index contributed by atoms with van der Waals surface area (Å²) in [5, 5.41) is 14.1. The minimum Gasteiger partial charge on any atom is -0.392 e. The zero-order valence-corrected chi connectivity index (χ0v) is 12.1. The predicted octanol–water partition coefficient (Wildman–Crippen LogP) is 1.79. The molecule has 1 fully saturated rings. The molecule has 2 heterocycles. The van der Waals surface area contributed by atoms with Gasteiger partial charge < -0.3 is 5.11 Å². The Kier molecular flexibility index (Phi) is 4.22. The highest BCUT2D eigenvalue weighted by molar-refractivity contribution is 9.10. The molecule has 1 saturated heterocycles. The van der Waals surface area contributed by atoms with Crippen LogP contribution in [-0.2, 0) is 19.5 Å². The lowest BCUT2D eigenvalue weighted by atomic mass is 10.3. The Hall–Kier alpha value is -0.390. The molecule has 1 aliphatic heterocycles. The Labute approximate surface area is 111 Å². The lowest BCUT2D eigenvalue weighted by Crippen LogP contribution is -2.23. The fraction of sp³-hybridized carbons (Fsp3) is 0.750. The third-order valence-corrected chi connectivity index (χ3v) is 4.23. The van der Waals surface area contributed by atoms with E-state index in [1.54, 1.807) is 0 Å². The van der Waals surface area contributed by atoms with Crippen LogP contribution in [-0.4, -0.2) is 39.0 Å². The van der Waals surface area contributed by atoms with Crippen molar-refractivity contribution >= 4 is 15.9 Å². The molecule has 1 aliphatic rings. The number of aliphatic hydroxyl groups is 1. The first-order valence-corrected chi connectivity index (χ1v) is 7.09. The number of halogens is 1. The molecule has 4 nitrogen and oxygen atoms in total. The van der Waals surface area contributed by atoms with Crippen molar-refractivity contribution in [1.82, 2.24) is 14.7 Å². The maximum absolute atomic E-state index is 9.55. The van der Waals surface area contributed by atoms with Crippen LogP contribution in [0.2, 0.25) is 0 Å². The zero-order chi connectivity index (χ0) is 12.4. The van der Waals surface area contributed by atoms with Crippen molar-refractivity contribution in [2.24, 2.45) is 0 Å². The normalized spacial score (nSPS) is 21.3. The van der Waals surface area contributed by atoms with E-state index in [2.05, 4.69) is 44.5 Å². The third-order valence-electron chi connectivity index (χ3n) is 3.32. The van der Waals surface area contributed by atoms with Gasteiger partial charge in [-0.15, -0.1) is 0 Å². The van der Waals surface area contributed by atoms with Crippen molar-refractivity contribution in [2.75, 3.05) is 13.1 Å². The Balaban J connectivity index is 2.16. The molecule has 0 amide bonds. The Morgan fingerprint density at radius 3 is 2.76 bits per heavy atom. The average Bonchev–Trinajstić information content (AvgIpc) is 2.85. The monoisotopic (exact) mass is 301 g/mol. The van der Waals surface area contributed by atoms with Crippen LogP contribution in [0.25, 0.3) is 0 Å². The molecule has 0 unspecified atom stereocenters. The van der Waals surface area contributed by atoms with Crippen molar-refractivity contribution in [2.45, 2.75) is 45.9 Å². The Morgan fingerprint density at radius 1 is 1.47 bits per heavy atom. The van der Waals surface area contributed by atoms with Crippen molar-refractivity contribution in [3.05, 3.63) is 15.9 Å². The molecule has 0 spiro atoms. The van der Waals surface area contributed by atoms with Crippen molar-refractivity contribution < 1.29 is 5.11 Å². The van der Waals surface area contributed by atoms with Crippen LogP contribution in [0.3, 0.4) is 0 Å². The number of rotatable bonds is 4. The molecule has 0 radical (unpaired) electrons. The van der Waals surface area contributed by atoms with Gasteiger partial charge in [0.25, 0.3) is 0 Å². The molecule has 5 heteroatoms. The number of hydrogen-bond donors (Lipinski definition) is 1. The second-order valence-corrected chi connectivity index (χ2v) is 5.35. The number of aliphatic hydroxyl groups excluding tert-OH is 1. The smallest absolute Gasteiger partial charge is 0.0767 e. The van der Waals surface area contributed by atoms with Crippen LogP contribution in [0, 0.1) is 0 Å². The highest BCUT2D eigenvalue weighted by atomic mass is 79.9. The lowest BCUT2D eigenvalue weighted by Gasteiger charge is -2.16. The van der Waals surface area contributed by atoms with Gasteiger partial charge in [0.15, 0.2) is 0 Å². The summed E-state index contributed by atoms with van der Waals surface area (Å²) < 4.78 is 3.21. The molecule has 96 valence electrons. The highest BCUT2D eigenvalue weighted by Crippen LogP contribution is 2.25. The van der Waals surface area contributed by atoms with E-state index in [1.165, 1.54) is 5.69 Å². The Morgan fingerprint density at radius 2 is 2.24 bits per heavy atom. The molecule has 0 aliphatic carbocycles. The van der Waals surface area contributed by atoms with E-state index in [1.807, 2.05) is 0 Å². The first-order chi connectivity index (χ1) is 8.15. The number of aryl methyl sites for hydroxylation is 2. The summed E-state index contributed by atoms with van der Waals surface area (Å²) in [6.07, 6.45) is 1.68. The third kappa shape index (κ3) is 2.72. The molecule has 0 bridgehead atoms. The molecule has 17 heavy (non-hydrogen) atoms. The van der Waals surface area contributed by atoms with Gasteiger partial charge >= 0.3 is 0 Å². The first kappa shape index (κ1) is 13.1. The highest BCUT2D eigenvalue weighted by Gasteiger charge is 2.23. The van der Waals surface area contributed by atoms with Gasteiger partial charge in [-0.3, -0.25) is 9.58 Å². The maximum Gasteiger partial charge on any atom is 0.0767 e. The van der Waals surface area contributed by atoms with Crippen LogP contribution in [0.15, 0.2) is 4.47 Å². The summed E-state index contributed by atoms with van der Waals surface area (Å²) >= 11 is 3.65. The van der Waals surface area contributed by atoms with E-state index in [-0.39, 0.29) is 6.10 Å². The van der Waals surface area contributed by atoms with Crippen LogP contribution in [0.5, 0.6) is 0 Å². The lowest BCUT2D eigenvalue weighted by molar-refractivity contribution is 0.173. The van der Waals surface area contributed by atoms with Gasteiger partial charge in [-0.25, -0.2) is 0 Å². The molecule has 0 aromatic carbocycles. The molecule has 0 saturated carbocycles. The zero-order valence-electron chi connectivity index (χ0n) is 10.5. The van der Waals surface area contributed by atoms with Crippen LogP contribution in [0.1, 0.15) is 31.7 Å². The van der Waals surface area contributed by atoms with Gasteiger partial charge in [0.1, 0.15) is 0 Å². The molecule has 1 N–H and O–H groups in total. The second kappa shape index (κ2) is 5.50. The maximum atomic E-state index is 9.55. The van der Waals surface area contributed by atoms with E-state index >= 15 is 0 Å². The van der Waals surface area contributed by atoms with Gasteiger partial charge in [-0.05, 0) is 35.7 Å². The quantitative estimate of drug-likeness (QED) is 0.922. The molecule has 1 aromatic rings. The fourth-order valence-electron chi connectivity index (χ4n) is 2.34. The van der Waals surface area contributed by atoms with Crippen LogP contribution in [0.4, 0.5) is 0 Å². The SMILES string of the molecule is CCc1nn(CC)c(CN2CC[C@@H](O)C2)c1Br. The van der Waals surface area contributed by atoms with Gasteiger partial charge in [0.05, 0.1) is 22.0 Å². The van der Waals surface area contributed by atoms with Gasteiger partial charge in [-0.1, -0.05) is 6.92 Å². The van der Waals surface area contributed by atoms with E-state index in [0.29, 0.717) is 0 Å². The minimum atomic E-state index is -0.155. The Bertz CT molecular complexity index is 391. The number of likely N-dealkylation sites (tertiary alicyclic amines) is 1.